The van der Waals surface area contributed by atoms with Gasteiger partial charge in [0.25, 0.3) is 0 Å². The molecule has 0 aliphatic carbocycles. The summed E-state index contributed by atoms with van der Waals surface area (Å²) < 4.78 is 57.2. The topological polar surface area (TPSA) is 75.7 Å². The van der Waals surface area contributed by atoms with Crippen LogP contribution in [0.3, 0.4) is 0 Å². The summed E-state index contributed by atoms with van der Waals surface area (Å²) in [7, 11) is -3.78. The van der Waals surface area contributed by atoms with E-state index in [9.17, 15) is 22.0 Å². The van der Waals surface area contributed by atoms with Crippen LogP contribution in [0, 0.1) is 11.6 Å². The van der Waals surface area contributed by atoms with Crippen molar-refractivity contribution in [2.75, 3.05) is 30.3 Å². The second-order valence-electron chi connectivity index (χ2n) is 6.42. The Morgan fingerprint density at radius 3 is 2.52 bits per heavy atom. The third kappa shape index (κ3) is 7.78. The largest absolute Gasteiger partial charge is 0.375 e. The number of nitrogens with one attached hydrogen (secondary N) is 1. The number of sulfonamides is 1. The van der Waals surface area contributed by atoms with E-state index in [-0.39, 0.29) is 31.0 Å². The molecule has 0 bridgehead atoms. The maximum absolute atomic E-state index is 13.9. The van der Waals surface area contributed by atoms with Gasteiger partial charge in [-0.1, -0.05) is 30.3 Å². The van der Waals surface area contributed by atoms with Crippen LogP contribution >= 0.6 is 0 Å². The van der Waals surface area contributed by atoms with Gasteiger partial charge in [0, 0.05) is 25.6 Å². The fraction of sp³-hybridized carbons (Fsp3) is 0.350. The molecule has 0 aliphatic heterocycles. The van der Waals surface area contributed by atoms with E-state index in [1.54, 1.807) is 0 Å². The number of anilines is 1. The van der Waals surface area contributed by atoms with Gasteiger partial charge in [-0.15, -0.1) is 0 Å². The monoisotopic (exact) mass is 426 g/mol. The average Bonchev–Trinajstić information content (AvgIpc) is 2.66. The molecule has 0 aliphatic rings. The number of hydrogen-bond donors (Lipinski definition) is 1. The molecule has 29 heavy (non-hydrogen) atoms. The van der Waals surface area contributed by atoms with Gasteiger partial charge in [-0.3, -0.25) is 9.10 Å². The number of ether oxygens (including phenoxy) is 1. The number of nitrogens with zero attached hydrogens (tertiary/aromatic N) is 1. The third-order valence-corrected chi connectivity index (χ3v) is 5.20. The maximum atomic E-state index is 13.9. The molecule has 2 rings (SSSR count). The Morgan fingerprint density at radius 1 is 1.14 bits per heavy atom. The van der Waals surface area contributed by atoms with Crippen molar-refractivity contribution in [3.05, 3.63) is 65.7 Å². The SMILES string of the molecule is CS(=O)(=O)N(CCCC(=O)NCCOCc1ccccc1)c1ccc(F)cc1F. The Kier molecular flexibility index (Phi) is 8.53. The summed E-state index contributed by atoms with van der Waals surface area (Å²) in [6.45, 7) is 1.02. The molecule has 0 heterocycles. The van der Waals surface area contributed by atoms with Gasteiger partial charge in [-0.05, 0) is 24.1 Å². The van der Waals surface area contributed by atoms with Gasteiger partial charge in [0.1, 0.15) is 11.6 Å². The van der Waals surface area contributed by atoms with Crippen molar-refractivity contribution in [2.45, 2.75) is 19.4 Å². The molecule has 0 spiro atoms. The summed E-state index contributed by atoms with van der Waals surface area (Å²) >= 11 is 0. The standard InChI is InChI=1S/C20H24F2N2O4S/c1-29(26,27)24(19-10-9-17(21)14-18(19)22)12-5-8-20(25)23-11-13-28-15-16-6-3-2-4-7-16/h2-4,6-7,9-10,14H,5,8,11-13,15H2,1H3,(H,23,25). The molecule has 6 nitrogen and oxygen atoms in total. The first-order chi connectivity index (χ1) is 13.8. The Hall–Kier alpha value is -2.52. The van der Waals surface area contributed by atoms with Gasteiger partial charge in [0.2, 0.25) is 15.9 Å². The molecule has 2 aromatic carbocycles. The van der Waals surface area contributed by atoms with Crippen LogP contribution in [0.4, 0.5) is 14.5 Å². The summed E-state index contributed by atoms with van der Waals surface area (Å²) in [5, 5.41) is 2.68. The predicted molar refractivity (Wildman–Crippen MR) is 107 cm³/mol. The van der Waals surface area contributed by atoms with Crippen LogP contribution in [-0.2, 0) is 26.2 Å². The van der Waals surface area contributed by atoms with Crippen molar-refractivity contribution >= 4 is 21.6 Å². The molecule has 1 N–H and O–H groups in total. The normalized spacial score (nSPS) is 11.3. The van der Waals surface area contributed by atoms with Gasteiger partial charge in [-0.2, -0.15) is 0 Å². The summed E-state index contributed by atoms with van der Waals surface area (Å²) in [6.07, 6.45) is 1.17. The highest BCUT2D eigenvalue weighted by molar-refractivity contribution is 7.92. The molecular weight excluding hydrogens is 402 g/mol. The predicted octanol–water partition coefficient (Wildman–Crippen LogP) is 2.84. The minimum atomic E-state index is -3.78. The molecule has 2 aromatic rings. The number of hydrogen-bond acceptors (Lipinski definition) is 4. The van der Waals surface area contributed by atoms with E-state index in [1.807, 2.05) is 30.3 Å². The lowest BCUT2D eigenvalue weighted by atomic mass is 10.2. The van der Waals surface area contributed by atoms with Crippen LogP contribution in [0.25, 0.3) is 0 Å². The van der Waals surface area contributed by atoms with Gasteiger partial charge >= 0.3 is 0 Å². The minimum Gasteiger partial charge on any atom is -0.375 e. The maximum Gasteiger partial charge on any atom is 0.232 e. The highest BCUT2D eigenvalue weighted by Crippen LogP contribution is 2.23. The zero-order valence-corrected chi connectivity index (χ0v) is 16.9. The number of benzene rings is 2. The van der Waals surface area contributed by atoms with E-state index in [4.69, 9.17) is 4.74 Å². The Morgan fingerprint density at radius 2 is 1.86 bits per heavy atom. The smallest absolute Gasteiger partial charge is 0.232 e. The summed E-state index contributed by atoms with van der Waals surface area (Å²) in [6, 6.07) is 12.3. The molecule has 0 aromatic heterocycles. The van der Waals surface area contributed by atoms with E-state index in [1.165, 1.54) is 0 Å². The Balaban J connectivity index is 1.74. The quantitative estimate of drug-likeness (QED) is 0.561. The van der Waals surface area contributed by atoms with E-state index >= 15 is 0 Å². The Labute approximate surface area is 169 Å². The number of amides is 1. The molecule has 0 saturated heterocycles. The minimum absolute atomic E-state index is 0.0630. The third-order valence-electron chi connectivity index (χ3n) is 4.02. The number of carbonyl (C=O) groups is 1. The van der Waals surface area contributed by atoms with Crippen LogP contribution in [0.2, 0.25) is 0 Å². The van der Waals surface area contributed by atoms with Crippen molar-refractivity contribution in [3.63, 3.8) is 0 Å². The molecule has 0 unspecified atom stereocenters. The van der Waals surface area contributed by atoms with Crippen LogP contribution in [0.5, 0.6) is 0 Å². The zero-order chi connectivity index (χ0) is 21.3. The second kappa shape index (κ2) is 10.9. The molecule has 9 heteroatoms. The second-order valence-corrected chi connectivity index (χ2v) is 8.33. The lowest BCUT2D eigenvalue weighted by Gasteiger charge is -2.22. The van der Waals surface area contributed by atoms with Crippen molar-refractivity contribution in [2.24, 2.45) is 0 Å². The van der Waals surface area contributed by atoms with Crippen LogP contribution in [-0.4, -0.2) is 40.3 Å². The van der Waals surface area contributed by atoms with Crippen molar-refractivity contribution in [1.29, 1.82) is 0 Å². The fourth-order valence-corrected chi connectivity index (χ4v) is 3.61. The van der Waals surface area contributed by atoms with Gasteiger partial charge in [0.15, 0.2) is 0 Å². The van der Waals surface area contributed by atoms with E-state index < -0.39 is 21.7 Å². The van der Waals surface area contributed by atoms with E-state index in [2.05, 4.69) is 5.32 Å². The zero-order valence-electron chi connectivity index (χ0n) is 16.1. The van der Waals surface area contributed by atoms with Crippen LogP contribution < -0.4 is 9.62 Å². The summed E-state index contributed by atoms with van der Waals surface area (Å²) in [5.74, 6) is -2.04. The first-order valence-electron chi connectivity index (χ1n) is 9.08. The molecule has 1 amide bonds. The number of halogens is 2. The molecule has 0 radical (unpaired) electrons. The molecular formula is C20H24F2N2O4S. The molecule has 0 atom stereocenters. The molecule has 0 fully saturated rings. The van der Waals surface area contributed by atoms with Crippen molar-refractivity contribution in [3.8, 4) is 0 Å². The Bertz CT molecular complexity index is 908. The first kappa shape index (κ1) is 22.8. The lowest BCUT2D eigenvalue weighted by Crippen LogP contribution is -2.33. The summed E-state index contributed by atoms with van der Waals surface area (Å²) in [5.41, 5.74) is 0.788. The highest BCUT2D eigenvalue weighted by atomic mass is 32.2. The highest BCUT2D eigenvalue weighted by Gasteiger charge is 2.21. The first-order valence-corrected chi connectivity index (χ1v) is 10.9. The fourth-order valence-electron chi connectivity index (χ4n) is 2.65. The van der Waals surface area contributed by atoms with Crippen LogP contribution in [0.15, 0.2) is 48.5 Å². The summed E-state index contributed by atoms with van der Waals surface area (Å²) in [4.78, 5) is 11.9. The lowest BCUT2D eigenvalue weighted by molar-refractivity contribution is -0.121. The van der Waals surface area contributed by atoms with Crippen LogP contribution in [0.1, 0.15) is 18.4 Å². The van der Waals surface area contributed by atoms with Crippen molar-refractivity contribution < 1.29 is 26.7 Å². The van der Waals surface area contributed by atoms with Gasteiger partial charge in [0.05, 0.1) is 25.2 Å². The number of rotatable bonds is 11. The average molecular weight is 426 g/mol. The van der Waals surface area contributed by atoms with E-state index in [0.717, 1.165) is 28.3 Å². The van der Waals surface area contributed by atoms with Gasteiger partial charge in [-0.25, -0.2) is 17.2 Å². The van der Waals surface area contributed by atoms with E-state index in [0.29, 0.717) is 25.8 Å². The molecule has 158 valence electrons. The number of carbonyl (C=O) groups excluding carboxylic acids is 1. The van der Waals surface area contributed by atoms with Gasteiger partial charge < -0.3 is 10.1 Å². The van der Waals surface area contributed by atoms with Crippen molar-refractivity contribution in [1.82, 2.24) is 5.32 Å². The molecule has 0 saturated carbocycles.